The third-order valence-corrected chi connectivity index (χ3v) is 3.35. The molecule has 1 aromatic carbocycles. The van der Waals surface area contributed by atoms with E-state index in [1.165, 1.54) is 0 Å². The highest BCUT2D eigenvalue weighted by Crippen LogP contribution is 2.28. The first kappa shape index (κ1) is 17.1. The minimum Gasteiger partial charge on any atom is -0.486 e. The van der Waals surface area contributed by atoms with Crippen molar-refractivity contribution >= 4 is 23.3 Å². The van der Waals surface area contributed by atoms with Crippen molar-refractivity contribution in [1.29, 1.82) is 0 Å². The minimum absolute atomic E-state index is 0.306. The molecule has 0 amide bonds. The normalized spacial score (nSPS) is 11.6. The number of carbonyl (C=O) groups excluding carboxylic acids is 1. The van der Waals surface area contributed by atoms with Gasteiger partial charge < -0.3 is 14.8 Å². The van der Waals surface area contributed by atoms with Crippen LogP contribution in [0.25, 0.3) is 0 Å². The molecule has 2 rings (SSSR count). The maximum absolute atomic E-state index is 11.6. The van der Waals surface area contributed by atoms with Crippen molar-refractivity contribution in [3.63, 3.8) is 0 Å². The number of rotatable bonds is 7. The lowest BCUT2D eigenvalue weighted by Gasteiger charge is -2.15. The van der Waals surface area contributed by atoms with Crippen LogP contribution in [0.5, 0.6) is 5.75 Å². The van der Waals surface area contributed by atoms with Crippen LogP contribution < -0.4 is 10.1 Å². The van der Waals surface area contributed by atoms with E-state index >= 15 is 0 Å². The fourth-order valence-electron chi connectivity index (χ4n) is 1.92. The maximum atomic E-state index is 11.6. The Morgan fingerprint density at radius 1 is 1.35 bits per heavy atom. The third-order valence-electron chi connectivity index (χ3n) is 3.06. The van der Waals surface area contributed by atoms with E-state index in [0.29, 0.717) is 24.0 Å². The Labute approximate surface area is 140 Å². The number of hydrogen-bond acceptors (Lipinski definition) is 5. The van der Waals surface area contributed by atoms with Crippen LogP contribution in [0.4, 0.5) is 5.69 Å². The maximum Gasteiger partial charge on any atom is 0.328 e. The van der Waals surface area contributed by atoms with Crippen LogP contribution in [0.1, 0.15) is 19.5 Å². The molecule has 0 bridgehead atoms. The number of nitrogens with zero attached hydrogens (tertiary/aromatic N) is 1. The molecule has 1 heterocycles. The number of nitrogens with one attached hydrogen (secondary N) is 1. The molecule has 0 aliphatic rings. The van der Waals surface area contributed by atoms with E-state index in [1.807, 2.05) is 18.2 Å². The van der Waals surface area contributed by atoms with Gasteiger partial charge in [0.2, 0.25) is 0 Å². The lowest BCUT2D eigenvalue weighted by Crippen LogP contribution is -2.28. The number of ether oxygens (including phenoxy) is 2. The van der Waals surface area contributed by atoms with Crippen molar-refractivity contribution in [1.82, 2.24) is 4.98 Å². The standard InChI is InChI=1S/C17H19ClN2O3/c1-3-22-17(21)12(2)20-13-7-8-16(15(18)10-13)23-11-14-6-4-5-9-19-14/h4-10,12,20H,3,11H2,1-2H3. The number of esters is 1. The Morgan fingerprint density at radius 3 is 2.83 bits per heavy atom. The average molecular weight is 335 g/mol. The number of benzene rings is 1. The molecule has 1 unspecified atom stereocenters. The number of hydrogen-bond donors (Lipinski definition) is 1. The quantitative estimate of drug-likeness (QED) is 0.783. The molecule has 0 spiro atoms. The summed E-state index contributed by atoms with van der Waals surface area (Å²) in [5, 5.41) is 3.50. The Kier molecular flexibility index (Phi) is 6.23. The van der Waals surface area contributed by atoms with Gasteiger partial charge in [0, 0.05) is 11.9 Å². The lowest BCUT2D eigenvalue weighted by molar-refractivity contribution is -0.143. The molecule has 1 aromatic heterocycles. The summed E-state index contributed by atoms with van der Waals surface area (Å²) in [4.78, 5) is 15.8. The smallest absolute Gasteiger partial charge is 0.328 e. The monoisotopic (exact) mass is 334 g/mol. The van der Waals surface area contributed by atoms with Gasteiger partial charge in [-0.2, -0.15) is 0 Å². The fraction of sp³-hybridized carbons (Fsp3) is 0.294. The van der Waals surface area contributed by atoms with Crippen LogP contribution in [-0.4, -0.2) is 23.6 Å². The van der Waals surface area contributed by atoms with E-state index in [9.17, 15) is 4.79 Å². The fourth-order valence-corrected chi connectivity index (χ4v) is 2.15. The Balaban J connectivity index is 1.96. The van der Waals surface area contributed by atoms with Crippen molar-refractivity contribution < 1.29 is 14.3 Å². The molecule has 2 aromatic rings. The van der Waals surface area contributed by atoms with E-state index in [2.05, 4.69) is 10.3 Å². The Morgan fingerprint density at radius 2 is 2.17 bits per heavy atom. The highest BCUT2D eigenvalue weighted by atomic mass is 35.5. The van der Waals surface area contributed by atoms with Crippen LogP contribution in [0.15, 0.2) is 42.6 Å². The SMILES string of the molecule is CCOC(=O)C(C)Nc1ccc(OCc2ccccn2)c(Cl)c1. The summed E-state index contributed by atoms with van der Waals surface area (Å²) in [5.41, 5.74) is 1.54. The Bertz CT molecular complexity index is 650. The van der Waals surface area contributed by atoms with Gasteiger partial charge in [0.1, 0.15) is 18.4 Å². The second-order valence-electron chi connectivity index (χ2n) is 4.87. The molecule has 1 atom stereocenters. The number of aromatic nitrogens is 1. The zero-order valence-corrected chi connectivity index (χ0v) is 13.8. The number of carbonyl (C=O) groups is 1. The van der Waals surface area contributed by atoms with Crippen LogP contribution in [-0.2, 0) is 16.1 Å². The molecule has 0 aliphatic heterocycles. The first-order valence-corrected chi connectivity index (χ1v) is 7.73. The summed E-state index contributed by atoms with van der Waals surface area (Å²) in [7, 11) is 0. The molecule has 0 radical (unpaired) electrons. The highest BCUT2D eigenvalue weighted by Gasteiger charge is 2.14. The van der Waals surface area contributed by atoms with Gasteiger partial charge in [-0.1, -0.05) is 17.7 Å². The molecule has 122 valence electrons. The zero-order chi connectivity index (χ0) is 16.7. The minimum atomic E-state index is -0.452. The van der Waals surface area contributed by atoms with E-state index in [1.54, 1.807) is 38.2 Å². The van der Waals surface area contributed by atoms with Gasteiger partial charge in [0.25, 0.3) is 0 Å². The second-order valence-corrected chi connectivity index (χ2v) is 5.28. The summed E-state index contributed by atoms with van der Waals surface area (Å²) in [6.45, 7) is 4.20. The van der Waals surface area contributed by atoms with E-state index in [-0.39, 0.29) is 5.97 Å². The summed E-state index contributed by atoms with van der Waals surface area (Å²) in [5.74, 6) is 0.255. The van der Waals surface area contributed by atoms with Crippen LogP contribution >= 0.6 is 11.6 Å². The van der Waals surface area contributed by atoms with Gasteiger partial charge in [0.05, 0.1) is 17.3 Å². The summed E-state index contributed by atoms with van der Waals surface area (Å²) < 4.78 is 10.6. The first-order valence-electron chi connectivity index (χ1n) is 7.35. The molecule has 0 fully saturated rings. The van der Waals surface area contributed by atoms with Gasteiger partial charge in [0.15, 0.2) is 0 Å². The van der Waals surface area contributed by atoms with Crippen molar-refractivity contribution in [2.24, 2.45) is 0 Å². The van der Waals surface area contributed by atoms with Gasteiger partial charge in [-0.15, -0.1) is 0 Å². The van der Waals surface area contributed by atoms with Crippen LogP contribution in [0, 0.1) is 0 Å². The van der Waals surface area contributed by atoms with E-state index < -0.39 is 6.04 Å². The largest absolute Gasteiger partial charge is 0.486 e. The molecule has 0 saturated carbocycles. The van der Waals surface area contributed by atoms with Gasteiger partial charge in [-0.05, 0) is 44.2 Å². The molecule has 5 nitrogen and oxygen atoms in total. The average Bonchev–Trinajstić information content (AvgIpc) is 2.55. The zero-order valence-electron chi connectivity index (χ0n) is 13.1. The second kappa shape index (κ2) is 8.39. The van der Waals surface area contributed by atoms with Gasteiger partial charge >= 0.3 is 5.97 Å². The summed E-state index contributed by atoms with van der Waals surface area (Å²) in [6, 6.07) is 10.4. The highest BCUT2D eigenvalue weighted by molar-refractivity contribution is 6.32. The van der Waals surface area contributed by atoms with Gasteiger partial charge in [-0.25, -0.2) is 4.79 Å². The third kappa shape index (κ3) is 5.14. The lowest BCUT2D eigenvalue weighted by atomic mass is 10.2. The number of pyridine rings is 1. The molecule has 23 heavy (non-hydrogen) atoms. The predicted octanol–water partition coefficient (Wildman–Crippen LogP) is 3.68. The van der Waals surface area contributed by atoms with Crippen LogP contribution in [0.2, 0.25) is 5.02 Å². The van der Waals surface area contributed by atoms with Crippen molar-refractivity contribution in [3.8, 4) is 5.75 Å². The van der Waals surface area contributed by atoms with Crippen molar-refractivity contribution in [2.75, 3.05) is 11.9 Å². The summed E-state index contributed by atoms with van der Waals surface area (Å²) in [6.07, 6.45) is 1.71. The number of anilines is 1. The van der Waals surface area contributed by atoms with Crippen molar-refractivity contribution in [3.05, 3.63) is 53.3 Å². The van der Waals surface area contributed by atoms with Crippen LogP contribution in [0.3, 0.4) is 0 Å². The molecule has 0 aliphatic carbocycles. The molecule has 1 N–H and O–H groups in total. The molecule has 6 heteroatoms. The van der Waals surface area contributed by atoms with Crippen molar-refractivity contribution in [2.45, 2.75) is 26.5 Å². The Hall–Kier alpha value is -2.27. The van der Waals surface area contributed by atoms with Gasteiger partial charge in [-0.3, -0.25) is 4.98 Å². The predicted molar refractivity (Wildman–Crippen MR) is 89.7 cm³/mol. The van der Waals surface area contributed by atoms with E-state index in [4.69, 9.17) is 21.1 Å². The molecule has 0 saturated heterocycles. The first-order chi connectivity index (χ1) is 11.1. The number of halogens is 1. The summed E-state index contributed by atoms with van der Waals surface area (Å²) >= 11 is 6.22. The molecular formula is C17H19ClN2O3. The van der Waals surface area contributed by atoms with E-state index in [0.717, 1.165) is 11.4 Å². The topological polar surface area (TPSA) is 60.5 Å². The molecular weight excluding hydrogens is 316 g/mol.